The van der Waals surface area contributed by atoms with Gasteiger partial charge in [0, 0.05) is 31.4 Å². The first-order chi connectivity index (χ1) is 9.25. The molecular weight excluding hydrogens is 238 g/mol. The molecule has 1 amide bonds. The molecule has 19 heavy (non-hydrogen) atoms. The normalized spacial score (nSPS) is 24.0. The largest absolute Gasteiger partial charge is 0.398 e. The van der Waals surface area contributed by atoms with Crippen molar-refractivity contribution in [2.24, 2.45) is 0 Å². The van der Waals surface area contributed by atoms with Crippen LogP contribution in [0.25, 0.3) is 0 Å². The SMILES string of the molecule is Nc1ccccc1C(=O)N1CCN2CCCC[C@H]2C1. The standard InChI is InChI=1S/C15H21N3O/c16-14-7-2-1-6-13(14)15(19)18-10-9-17-8-4-3-5-12(17)11-18/h1-2,6-7,12H,3-5,8-11,16H2/t12-/m0/s1. The second kappa shape index (κ2) is 5.21. The molecule has 0 radical (unpaired) electrons. The Kier molecular flexibility index (Phi) is 3.42. The highest BCUT2D eigenvalue weighted by Crippen LogP contribution is 2.23. The summed E-state index contributed by atoms with van der Waals surface area (Å²) in [5.74, 6) is 0.0864. The van der Waals surface area contributed by atoms with Gasteiger partial charge < -0.3 is 10.6 Å². The molecule has 4 nitrogen and oxygen atoms in total. The molecule has 2 fully saturated rings. The quantitative estimate of drug-likeness (QED) is 0.779. The van der Waals surface area contributed by atoms with E-state index in [0.29, 0.717) is 17.3 Å². The number of carbonyl (C=O) groups excluding carboxylic acids is 1. The minimum Gasteiger partial charge on any atom is -0.398 e. The van der Waals surface area contributed by atoms with Crippen LogP contribution in [0.15, 0.2) is 24.3 Å². The molecule has 3 rings (SSSR count). The van der Waals surface area contributed by atoms with Gasteiger partial charge in [-0.1, -0.05) is 18.6 Å². The summed E-state index contributed by atoms with van der Waals surface area (Å²) in [4.78, 5) is 17.0. The summed E-state index contributed by atoms with van der Waals surface area (Å²) in [6, 6.07) is 7.91. The van der Waals surface area contributed by atoms with Crippen molar-refractivity contribution in [2.45, 2.75) is 25.3 Å². The average Bonchev–Trinajstić information content (AvgIpc) is 2.46. The van der Waals surface area contributed by atoms with Crippen molar-refractivity contribution in [3.05, 3.63) is 29.8 Å². The Morgan fingerprint density at radius 3 is 2.84 bits per heavy atom. The number of piperazine rings is 1. The Balaban J connectivity index is 1.73. The zero-order valence-electron chi connectivity index (χ0n) is 11.2. The van der Waals surface area contributed by atoms with E-state index in [4.69, 9.17) is 5.73 Å². The molecule has 2 heterocycles. The van der Waals surface area contributed by atoms with E-state index < -0.39 is 0 Å². The number of rotatable bonds is 1. The van der Waals surface area contributed by atoms with Crippen LogP contribution in [0.5, 0.6) is 0 Å². The van der Waals surface area contributed by atoms with E-state index in [1.165, 1.54) is 25.8 Å². The Morgan fingerprint density at radius 2 is 2.00 bits per heavy atom. The first kappa shape index (κ1) is 12.5. The number of nitrogens with two attached hydrogens (primary N) is 1. The van der Waals surface area contributed by atoms with Gasteiger partial charge in [0.15, 0.2) is 0 Å². The summed E-state index contributed by atoms with van der Waals surface area (Å²) in [6.45, 7) is 3.88. The minimum absolute atomic E-state index is 0.0864. The van der Waals surface area contributed by atoms with Gasteiger partial charge in [0.25, 0.3) is 5.91 Å². The van der Waals surface area contributed by atoms with E-state index in [1.54, 1.807) is 6.07 Å². The summed E-state index contributed by atoms with van der Waals surface area (Å²) in [5.41, 5.74) is 7.13. The molecule has 0 unspecified atom stereocenters. The number of hydrogen-bond acceptors (Lipinski definition) is 3. The molecule has 2 N–H and O–H groups in total. The number of carbonyl (C=O) groups is 1. The van der Waals surface area contributed by atoms with Gasteiger partial charge in [-0.25, -0.2) is 0 Å². The molecule has 0 aromatic heterocycles. The number of nitrogens with zero attached hydrogens (tertiary/aromatic N) is 2. The third-order valence-corrected chi connectivity index (χ3v) is 4.32. The number of anilines is 1. The van der Waals surface area contributed by atoms with Crippen molar-refractivity contribution in [3.8, 4) is 0 Å². The third kappa shape index (κ3) is 2.45. The van der Waals surface area contributed by atoms with E-state index in [-0.39, 0.29) is 5.91 Å². The van der Waals surface area contributed by atoms with Crippen LogP contribution in [0.1, 0.15) is 29.6 Å². The summed E-state index contributed by atoms with van der Waals surface area (Å²) in [7, 11) is 0. The number of nitrogen functional groups attached to an aromatic ring is 1. The smallest absolute Gasteiger partial charge is 0.256 e. The predicted molar refractivity (Wildman–Crippen MR) is 76.0 cm³/mol. The molecule has 0 saturated carbocycles. The Morgan fingerprint density at radius 1 is 1.16 bits per heavy atom. The van der Waals surface area contributed by atoms with E-state index in [2.05, 4.69) is 4.90 Å². The minimum atomic E-state index is 0.0864. The summed E-state index contributed by atoms with van der Waals surface area (Å²) < 4.78 is 0. The average molecular weight is 259 g/mol. The second-order valence-electron chi connectivity index (χ2n) is 5.52. The van der Waals surface area contributed by atoms with Gasteiger partial charge in [-0.15, -0.1) is 0 Å². The predicted octanol–water partition coefficient (Wildman–Crippen LogP) is 1.58. The lowest BCUT2D eigenvalue weighted by atomic mass is 9.99. The maximum absolute atomic E-state index is 12.5. The van der Waals surface area contributed by atoms with E-state index in [1.807, 2.05) is 23.1 Å². The molecule has 4 heteroatoms. The lowest BCUT2D eigenvalue weighted by Crippen LogP contribution is -2.56. The second-order valence-corrected chi connectivity index (χ2v) is 5.52. The zero-order chi connectivity index (χ0) is 13.2. The van der Waals surface area contributed by atoms with Gasteiger partial charge in [-0.3, -0.25) is 9.69 Å². The van der Waals surface area contributed by atoms with Crippen LogP contribution in [0, 0.1) is 0 Å². The monoisotopic (exact) mass is 259 g/mol. The zero-order valence-corrected chi connectivity index (χ0v) is 11.2. The first-order valence-corrected chi connectivity index (χ1v) is 7.13. The van der Waals surface area contributed by atoms with Crippen LogP contribution in [0.2, 0.25) is 0 Å². The highest BCUT2D eigenvalue weighted by molar-refractivity contribution is 5.99. The summed E-state index contributed by atoms with van der Waals surface area (Å²) >= 11 is 0. The fraction of sp³-hybridized carbons (Fsp3) is 0.533. The lowest BCUT2D eigenvalue weighted by molar-refractivity contribution is 0.0373. The number of piperidine rings is 1. The number of fused-ring (bicyclic) bond motifs is 1. The number of hydrogen-bond donors (Lipinski definition) is 1. The summed E-state index contributed by atoms with van der Waals surface area (Å²) in [5, 5.41) is 0. The molecule has 2 aliphatic rings. The molecule has 1 atom stereocenters. The third-order valence-electron chi connectivity index (χ3n) is 4.32. The maximum Gasteiger partial charge on any atom is 0.256 e. The van der Waals surface area contributed by atoms with Gasteiger partial charge in [0.2, 0.25) is 0 Å². The van der Waals surface area contributed by atoms with Gasteiger partial charge in [0.05, 0.1) is 5.56 Å². The van der Waals surface area contributed by atoms with E-state index >= 15 is 0 Å². The lowest BCUT2D eigenvalue weighted by Gasteiger charge is -2.44. The van der Waals surface area contributed by atoms with Crippen molar-refractivity contribution in [1.29, 1.82) is 0 Å². The van der Waals surface area contributed by atoms with Gasteiger partial charge in [0.1, 0.15) is 0 Å². The molecule has 1 aromatic rings. The van der Waals surface area contributed by atoms with Gasteiger partial charge >= 0.3 is 0 Å². The summed E-state index contributed by atoms with van der Waals surface area (Å²) in [6.07, 6.45) is 3.81. The Hall–Kier alpha value is -1.55. The highest BCUT2D eigenvalue weighted by atomic mass is 16.2. The van der Waals surface area contributed by atoms with Crippen molar-refractivity contribution in [3.63, 3.8) is 0 Å². The molecule has 102 valence electrons. The number of amides is 1. The van der Waals surface area contributed by atoms with Gasteiger partial charge in [-0.2, -0.15) is 0 Å². The van der Waals surface area contributed by atoms with E-state index in [0.717, 1.165) is 19.6 Å². The molecule has 0 spiro atoms. The van der Waals surface area contributed by atoms with Crippen LogP contribution in [0.4, 0.5) is 5.69 Å². The topological polar surface area (TPSA) is 49.6 Å². The van der Waals surface area contributed by atoms with Gasteiger partial charge in [-0.05, 0) is 31.5 Å². The Labute approximate surface area is 114 Å². The molecular formula is C15H21N3O. The van der Waals surface area contributed by atoms with Crippen molar-refractivity contribution in [1.82, 2.24) is 9.80 Å². The van der Waals surface area contributed by atoms with Crippen molar-refractivity contribution >= 4 is 11.6 Å². The van der Waals surface area contributed by atoms with Crippen LogP contribution in [0.3, 0.4) is 0 Å². The fourth-order valence-corrected chi connectivity index (χ4v) is 3.20. The maximum atomic E-state index is 12.5. The van der Waals surface area contributed by atoms with E-state index in [9.17, 15) is 4.79 Å². The van der Waals surface area contributed by atoms with Crippen LogP contribution in [-0.4, -0.2) is 47.9 Å². The fourth-order valence-electron chi connectivity index (χ4n) is 3.20. The number of para-hydroxylation sites is 1. The first-order valence-electron chi connectivity index (χ1n) is 7.13. The van der Waals surface area contributed by atoms with Crippen molar-refractivity contribution < 1.29 is 4.79 Å². The molecule has 2 aliphatic heterocycles. The molecule has 0 aliphatic carbocycles. The highest BCUT2D eigenvalue weighted by Gasteiger charge is 2.31. The van der Waals surface area contributed by atoms with Crippen LogP contribution in [-0.2, 0) is 0 Å². The number of benzene rings is 1. The Bertz CT molecular complexity index is 474. The van der Waals surface area contributed by atoms with Crippen LogP contribution >= 0.6 is 0 Å². The van der Waals surface area contributed by atoms with Crippen LogP contribution < -0.4 is 5.73 Å². The van der Waals surface area contributed by atoms with Crippen molar-refractivity contribution in [2.75, 3.05) is 31.9 Å². The molecule has 1 aromatic carbocycles. The molecule has 2 saturated heterocycles. The molecule has 0 bridgehead atoms.